The average molecular weight is 430 g/mol. The van der Waals surface area contributed by atoms with E-state index >= 15 is 0 Å². The maximum Gasteiger partial charge on any atom is 1.00 e. The SMILES string of the molecule is O=C(Cc1c(F)cc2ncc(Br)cc2c1F)NNC(=S)[S-].[K+]. The standard InChI is InChI=1S/C12H8BrF2N3OS2.K/c13-5-1-7-9(16-4-5)3-8(14)6(11(7)15)2-10(19)17-18-12(20)21;/h1,3-4H,2H2,(H,17,19)(H2,18,20,21);/q;+1/p-1. The first-order valence-electron chi connectivity index (χ1n) is 5.56. The van der Waals surface area contributed by atoms with Gasteiger partial charge >= 0.3 is 51.4 Å². The van der Waals surface area contributed by atoms with E-state index in [-0.39, 0.29) is 72.2 Å². The molecule has 0 aliphatic heterocycles. The number of fused-ring (bicyclic) bond motifs is 1. The van der Waals surface area contributed by atoms with Crippen LogP contribution in [0.25, 0.3) is 10.9 Å². The van der Waals surface area contributed by atoms with Gasteiger partial charge in [0.2, 0.25) is 5.91 Å². The van der Waals surface area contributed by atoms with Crippen molar-refractivity contribution in [2.45, 2.75) is 6.42 Å². The molecule has 0 atom stereocenters. The van der Waals surface area contributed by atoms with Crippen LogP contribution in [0, 0.1) is 11.6 Å². The quantitative estimate of drug-likeness (QED) is 0.285. The number of benzene rings is 1. The zero-order chi connectivity index (χ0) is 15.6. The van der Waals surface area contributed by atoms with Crippen LogP contribution in [0.4, 0.5) is 8.78 Å². The molecule has 10 heteroatoms. The molecule has 1 heterocycles. The molecule has 0 unspecified atom stereocenters. The topological polar surface area (TPSA) is 54.0 Å². The molecule has 0 saturated heterocycles. The summed E-state index contributed by atoms with van der Waals surface area (Å²) in [5, 5.41) is 0.125. The number of nitrogens with zero attached hydrogens (tertiary/aromatic N) is 1. The number of hydrogen-bond donors (Lipinski definition) is 2. The van der Waals surface area contributed by atoms with Crippen molar-refractivity contribution in [3.63, 3.8) is 0 Å². The van der Waals surface area contributed by atoms with E-state index in [9.17, 15) is 13.6 Å². The van der Waals surface area contributed by atoms with Crippen molar-refractivity contribution in [3.05, 3.63) is 40.0 Å². The summed E-state index contributed by atoms with van der Waals surface area (Å²) in [4.78, 5) is 15.5. The summed E-state index contributed by atoms with van der Waals surface area (Å²) in [7, 11) is 0. The third-order valence-electron chi connectivity index (χ3n) is 2.58. The Morgan fingerprint density at radius 1 is 1.36 bits per heavy atom. The Balaban J connectivity index is 0.00000242. The monoisotopic (exact) mass is 429 g/mol. The second-order valence-corrected chi connectivity index (χ2v) is 6.00. The van der Waals surface area contributed by atoms with Crippen LogP contribution in [-0.4, -0.2) is 15.2 Å². The molecule has 0 bridgehead atoms. The van der Waals surface area contributed by atoms with Crippen LogP contribution in [0.2, 0.25) is 0 Å². The van der Waals surface area contributed by atoms with Crippen LogP contribution < -0.4 is 62.2 Å². The van der Waals surface area contributed by atoms with E-state index < -0.39 is 24.0 Å². The summed E-state index contributed by atoms with van der Waals surface area (Å²) in [6.45, 7) is 0. The van der Waals surface area contributed by atoms with Gasteiger partial charge in [0.1, 0.15) is 11.6 Å². The third kappa shape index (κ3) is 5.10. The molecule has 0 aliphatic rings. The van der Waals surface area contributed by atoms with Gasteiger partial charge in [-0.2, -0.15) is 0 Å². The van der Waals surface area contributed by atoms with Crippen LogP contribution in [-0.2, 0) is 23.8 Å². The van der Waals surface area contributed by atoms with Crippen molar-refractivity contribution in [1.29, 1.82) is 0 Å². The van der Waals surface area contributed by atoms with Gasteiger partial charge < -0.3 is 30.3 Å². The summed E-state index contributed by atoms with van der Waals surface area (Å²) in [5.41, 5.74) is 4.20. The average Bonchev–Trinajstić information content (AvgIpc) is 2.42. The summed E-state index contributed by atoms with van der Waals surface area (Å²) in [6, 6.07) is 2.55. The molecule has 0 spiro atoms. The number of thiocarbonyl (C=S) groups is 1. The maximum atomic E-state index is 14.3. The van der Waals surface area contributed by atoms with E-state index in [0.717, 1.165) is 6.07 Å². The molecule has 2 N–H and O–H groups in total. The Hall–Kier alpha value is 0.186. The Labute approximate surface area is 186 Å². The fraction of sp³-hybridized carbons (Fsp3) is 0.0833. The first-order chi connectivity index (χ1) is 9.88. The van der Waals surface area contributed by atoms with Crippen LogP contribution in [0.3, 0.4) is 0 Å². The Morgan fingerprint density at radius 3 is 2.68 bits per heavy atom. The first kappa shape index (κ1) is 20.2. The molecule has 0 radical (unpaired) electrons. The number of amides is 1. The maximum absolute atomic E-state index is 14.3. The Kier molecular flexibility index (Phi) is 8.16. The zero-order valence-corrected chi connectivity index (χ0v) is 17.6. The van der Waals surface area contributed by atoms with Crippen molar-refractivity contribution in [2.75, 3.05) is 0 Å². The predicted octanol–water partition coefficient (Wildman–Crippen LogP) is -0.725. The fourth-order valence-corrected chi connectivity index (χ4v) is 2.14. The van der Waals surface area contributed by atoms with Crippen LogP contribution >= 0.6 is 28.1 Å². The van der Waals surface area contributed by atoms with Gasteiger partial charge in [0.15, 0.2) is 0 Å². The van der Waals surface area contributed by atoms with Gasteiger partial charge in [-0.25, -0.2) is 8.78 Å². The van der Waals surface area contributed by atoms with Gasteiger partial charge in [0.05, 0.1) is 11.9 Å². The minimum Gasteiger partial charge on any atom is -0.410 e. The van der Waals surface area contributed by atoms with Crippen molar-refractivity contribution in [2.24, 2.45) is 0 Å². The van der Waals surface area contributed by atoms with Gasteiger partial charge in [-0.05, 0) is 26.3 Å². The molecular formula is C12H7BrF2KN3OS2. The minimum atomic E-state index is -0.842. The number of aromatic nitrogens is 1. The van der Waals surface area contributed by atoms with Gasteiger partial charge in [-0.15, -0.1) is 0 Å². The first-order valence-corrected chi connectivity index (χ1v) is 7.17. The van der Waals surface area contributed by atoms with E-state index in [0.29, 0.717) is 4.47 Å². The third-order valence-corrected chi connectivity index (χ3v) is 3.22. The second-order valence-electron chi connectivity index (χ2n) is 4.01. The van der Waals surface area contributed by atoms with Gasteiger partial charge in [-0.1, -0.05) is 0 Å². The zero-order valence-electron chi connectivity index (χ0n) is 11.2. The van der Waals surface area contributed by atoms with Crippen LogP contribution in [0.5, 0.6) is 0 Å². The molecule has 0 saturated carbocycles. The van der Waals surface area contributed by atoms with Crippen LogP contribution in [0.1, 0.15) is 5.56 Å². The molecule has 1 aromatic heterocycles. The summed E-state index contributed by atoms with van der Waals surface area (Å²) in [6.07, 6.45) is 0.938. The Bertz CT molecular complexity index is 748. The number of carbonyl (C=O) groups excluding carboxylic acids is 1. The largest absolute Gasteiger partial charge is 1.00 e. The normalized spacial score (nSPS) is 9.95. The molecule has 0 fully saturated rings. The molecule has 1 amide bonds. The van der Waals surface area contributed by atoms with E-state index in [1.807, 2.05) is 0 Å². The predicted molar refractivity (Wildman–Crippen MR) is 84.3 cm³/mol. The number of rotatable bonds is 2. The summed E-state index contributed by atoms with van der Waals surface area (Å²) >= 11 is 12.2. The van der Waals surface area contributed by atoms with E-state index in [1.54, 1.807) is 0 Å². The van der Waals surface area contributed by atoms with Crippen molar-refractivity contribution in [1.82, 2.24) is 15.8 Å². The number of pyridine rings is 1. The van der Waals surface area contributed by atoms with Crippen LogP contribution in [0.15, 0.2) is 22.8 Å². The molecule has 22 heavy (non-hydrogen) atoms. The van der Waals surface area contributed by atoms with Gasteiger partial charge in [-0.3, -0.25) is 15.2 Å². The van der Waals surface area contributed by atoms with Gasteiger partial charge in [0.25, 0.3) is 0 Å². The van der Waals surface area contributed by atoms with E-state index in [4.69, 9.17) is 0 Å². The summed E-state index contributed by atoms with van der Waals surface area (Å²) < 4.78 is 28.7. The number of hydrazine groups is 1. The molecular weight excluding hydrogens is 423 g/mol. The summed E-state index contributed by atoms with van der Waals surface area (Å²) in [5.74, 6) is -2.33. The molecule has 1 aromatic carbocycles. The van der Waals surface area contributed by atoms with E-state index in [1.165, 1.54) is 12.3 Å². The number of halogens is 3. The fourth-order valence-electron chi connectivity index (χ4n) is 1.70. The molecule has 2 aromatic rings. The number of nitrogens with one attached hydrogen (secondary N) is 2. The van der Waals surface area contributed by atoms with Crippen molar-refractivity contribution < 1.29 is 65.0 Å². The van der Waals surface area contributed by atoms with Crippen molar-refractivity contribution in [3.8, 4) is 0 Å². The second kappa shape index (κ2) is 8.88. The molecule has 2 rings (SSSR count). The van der Waals surface area contributed by atoms with Crippen molar-refractivity contribution >= 4 is 61.9 Å². The minimum absolute atomic E-state index is 0. The molecule has 0 aliphatic carbocycles. The number of carbonyl (C=O) groups is 1. The molecule has 110 valence electrons. The van der Waals surface area contributed by atoms with E-state index in [2.05, 4.69) is 56.6 Å². The number of hydrogen-bond acceptors (Lipinski definition) is 4. The van der Waals surface area contributed by atoms with Gasteiger partial charge in [0, 0.05) is 27.7 Å². The smallest absolute Gasteiger partial charge is 0.410 e. The Morgan fingerprint density at radius 2 is 2.05 bits per heavy atom. The molecule has 4 nitrogen and oxygen atoms in total.